The fourth-order valence-corrected chi connectivity index (χ4v) is 3.09. The molecule has 1 aromatic carbocycles. The number of aryl methyl sites for hydroxylation is 1. The zero-order chi connectivity index (χ0) is 17.1. The zero-order valence-corrected chi connectivity index (χ0v) is 14.1. The number of furan rings is 1. The first-order chi connectivity index (χ1) is 11.5. The smallest absolute Gasteiger partial charge is 0.228 e. The van der Waals surface area contributed by atoms with Gasteiger partial charge in [0.25, 0.3) is 0 Å². The van der Waals surface area contributed by atoms with Crippen molar-refractivity contribution >= 4 is 11.8 Å². The van der Waals surface area contributed by atoms with E-state index in [0.717, 1.165) is 17.1 Å². The van der Waals surface area contributed by atoms with Gasteiger partial charge in [-0.2, -0.15) is 0 Å². The van der Waals surface area contributed by atoms with E-state index in [0.29, 0.717) is 19.6 Å². The number of carbonyl (C=O) groups excluding carboxylic acids is 2. The minimum absolute atomic E-state index is 0.00651. The molecule has 0 aliphatic carbocycles. The molecular weight excluding hydrogens is 304 g/mol. The van der Waals surface area contributed by atoms with Gasteiger partial charge in [-0.15, -0.1) is 0 Å². The van der Waals surface area contributed by atoms with Gasteiger partial charge >= 0.3 is 0 Å². The summed E-state index contributed by atoms with van der Waals surface area (Å²) in [5.41, 5.74) is 1.08. The highest BCUT2D eigenvalue weighted by Gasteiger charge is 2.35. The molecule has 1 fully saturated rings. The lowest BCUT2D eigenvalue weighted by Gasteiger charge is -2.20. The largest absolute Gasteiger partial charge is 0.464 e. The maximum absolute atomic E-state index is 12.6. The van der Waals surface area contributed by atoms with Crippen molar-refractivity contribution in [1.82, 2.24) is 9.80 Å². The van der Waals surface area contributed by atoms with Crippen LogP contribution in [0.5, 0.6) is 0 Å². The van der Waals surface area contributed by atoms with E-state index >= 15 is 0 Å². The van der Waals surface area contributed by atoms with Crippen LogP contribution >= 0.6 is 0 Å². The summed E-state index contributed by atoms with van der Waals surface area (Å²) < 4.78 is 5.52. The summed E-state index contributed by atoms with van der Waals surface area (Å²) in [7, 11) is 1.75. The first-order valence-electron chi connectivity index (χ1n) is 8.15. The highest BCUT2D eigenvalue weighted by molar-refractivity contribution is 5.89. The molecule has 126 valence electrons. The molecule has 1 saturated heterocycles. The van der Waals surface area contributed by atoms with Gasteiger partial charge in [-0.25, -0.2) is 0 Å². The van der Waals surface area contributed by atoms with E-state index in [-0.39, 0.29) is 24.2 Å². The van der Waals surface area contributed by atoms with Crippen molar-refractivity contribution in [2.75, 3.05) is 13.6 Å². The van der Waals surface area contributed by atoms with Crippen LogP contribution in [-0.4, -0.2) is 35.2 Å². The molecule has 1 aliphatic rings. The molecule has 5 nitrogen and oxygen atoms in total. The van der Waals surface area contributed by atoms with Gasteiger partial charge in [0, 0.05) is 26.6 Å². The van der Waals surface area contributed by atoms with Crippen molar-refractivity contribution in [2.24, 2.45) is 5.92 Å². The highest BCUT2D eigenvalue weighted by Crippen LogP contribution is 2.22. The minimum atomic E-state index is -0.276. The second kappa shape index (κ2) is 6.91. The lowest BCUT2D eigenvalue weighted by molar-refractivity contribution is -0.135. The van der Waals surface area contributed by atoms with Gasteiger partial charge < -0.3 is 14.2 Å². The van der Waals surface area contributed by atoms with Gasteiger partial charge in [-0.3, -0.25) is 9.59 Å². The van der Waals surface area contributed by atoms with Crippen LogP contribution < -0.4 is 0 Å². The molecule has 0 saturated carbocycles. The number of carbonyl (C=O) groups is 2. The molecule has 0 bridgehead atoms. The Morgan fingerprint density at radius 3 is 2.67 bits per heavy atom. The molecule has 3 rings (SSSR count). The Kier molecular flexibility index (Phi) is 4.69. The van der Waals surface area contributed by atoms with Crippen LogP contribution in [-0.2, 0) is 22.7 Å². The average Bonchev–Trinajstić information content (AvgIpc) is 3.14. The van der Waals surface area contributed by atoms with Crippen LogP contribution in [0.25, 0.3) is 0 Å². The summed E-state index contributed by atoms with van der Waals surface area (Å²) in [6.07, 6.45) is 0.285. The predicted octanol–water partition coefficient (Wildman–Crippen LogP) is 2.60. The van der Waals surface area contributed by atoms with Gasteiger partial charge in [-0.1, -0.05) is 30.3 Å². The first kappa shape index (κ1) is 16.3. The van der Waals surface area contributed by atoms with Gasteiger partial charge in [-0.05, 0) is 24.6 Å². The monoisotopic (exact) mass is 326 g/mol. The second-order valence-corrected chi connectivity index (χ2v) is 6.37. The number of hydrogen-bond donors (Lipinski definition) is 0. The molecule has 0 N–H and O–H groups in total. The zero-order valence-electron chi connectivity index (χ0n) is 14.1. The molecule has 5 heteroatoms. The number of rotatable bonds is 5. The lowest BCUT2D eigenvalue weighted by atomic mass is 10.1. The van der Waals surface area contributed by atoms with E-state index in [9.17, 15) is 9.59 Å². The van der Waals surface area contributed by atoms with E-state index in [2.05, 4.69) is 0 Å². The number of nitrogens with zero attached hydrogens (tertiary/aromatic N) is 2. The summed E-state index contributed by atoms with van der Waals surface area (Å²) in [5, 5.41) is 0. The number of hydrogen-bond acceptors (Lipinski definition) is 3. The fraction of sp³-hybridized carbons (Fsp3) is 0.368. The van der Waals surface area contributed by atoms with Crippen molar-refractivity contribution in [3.63, 3.8) is 0 Å². The van der Waals surface area contributed by atoms with Gasteiger partial charge in [0.05, 0.1) is 12.5 Å². The number of benzene rings is 1. The molecule has 1 atom stereocenters. The topological polar surface area (TPSA) is 53.8 Å². The number of likely N-dealkylation sites (tertiary alicyclic amines) is 1. The molecule has 24 heavy (non-hydrogen) atoms. The highest BCUT2D eigenvalue weighted by atomic mass is 16.3. The van der Waals surface area contributed by atoms with Crippen molar-refractivity contribution in [2.45, 2.75) is 26.4 Å². The summed E-state index contributed by atoms with van der Waals surface area (Å²) in [4.78, 5) is 28.2. The van der Waals surface area contributed by atoms with Gasteiger partial charge in [0.2, 0.25) is 11.8 Å². The van der Waals surface area contributed by atoms with E-state index in [1.807, 2.05) is 49.4 Å². The molecule has 1 aromatic heterocycles. The van der Waals surface area contributed by atoms with Gasteiger partial charge in [0.1, 0.15) is 11.5 Å². The van der Waals surface area contributed by atoms with E-state index < -0.39 is 0 Å². The maximum atomic E-state index is 12.6. The van der Waals surface area contributed by atoms with Gasteiger partial charge in [0.15, 0.2) is 0 Å². The Balaban J connectivity index is 1.59. The molecular formula is C19H22N2O3. The summed E-state index contributed by atoms with van der Waals surface area (Å²) >= 11 is 0. The number of amides is 2. The average molecular weight is 326 g/mol. The molecule has 0 spiro atoms. The fourth-order valence-electron chi connectivity index (χ4n) is 3.09. The minimum Gasteiger partial charge on any atom is -0.464 e. The molecule has 2 aromatic rings. The molecule has 0 radical (unpaired) electrons. The Morgan fingerprint density at radius 2 is 2.00 bits per heavy atom. The van der Waals surface area contributed by atoms with Crippen LogP contribution in [0.3, 0.4) is 0 Å². The van der Waals surface area contributed by atoms with Crippen LogP contribution in [0, 0.1) is 12.8 Å². The van der Waals surface area contributed by atoms with Crippen molar-refractivity contribution < 1.29 is 14.0 Å². The third-order valence-electron chi connectivity index (χ3n) is 4.35. The Bertz CT molecular complexity index is 723. The van der Waals surface area contributed by atoms with Crippen molar-refractivity contribution in [3.8, 4) is 0 Å². The van der Waals surface area contributed by atoms with Crippen LogP contribution in [0.1, 0.15) is 23.5 Å². The van der Waals surface area contributed by atoms with E-state index in [1.54, 1.807) is 16.8 Å². The molecule has 2 amide bonds. The van der Waals surface area contributed by atoms with E-state index in [4.69, 9.17) is 4.42 Å². The van der Waals surface area contributed by atoms with Crippen molar-refractivity contribution in [3.05, 3.63) is 59.5 Å². The third-order valence-corrected chi connectivity index (χ3v) is 4.35. The Labute approximate surface area is 141 Å². The van der Waals surface area contributed by atoms with E-state index in [1.165, 1.54) is 0 Å². The maximum Gasteiger partial charge on any atom is 0.228 e. The standard InChI is InChI=1S/C19H22N2O3/c1-14-8-9-17(24-14)13-20(2)19(23)16-10-18(22)21(12-16)11-15-6-4-3-5-7-15/h3-9,16H,10-13H2,1-2H3. The van der Waals surface area contributed by atoms with Crippen LogP contribution in [0.15, 0.2) is 46.9 Å². The second-order valence-electron chi connectivity index (χ2n) is 6.37. The normalized spacial score (nSPS) is 17.3. The summed E-state index contributed by atoms with van der Waals surface area (Å²) in [6.45, 7) is 3.34. The molecule has 1 aliphatic heterocycles. The third kappa shape index (κ3) is 3.67. The van der Waals surface area contributed by atoms with Crippen LogP contribution in [0.2, 0.25) is 0 Å². The Morgan fingerprint density at radius 1 is 1.25 bits per heavy atom. The first-order valence-corrected chi connectivity index (χ1v) is 8.15. The Hall–Kier alpha value is -2.56. The SMILES string of the molecule is Cc1ccc(CN(C)C(=O)C2CC(=O)N(Cc3ccccc3)C2)o1. The quantitative estimate of drug-likeness (QED) is 0.848. The summed E-state index contributed by atoms with van der Waals surface area (Å²) in [5.74, 6) is 1.35. The van der Waals surface area contributed by atoms with Crippen molar-refractivity contribution in [1.29, 1.82) is 0 Å². The lowest BCUT2D eigenvalue weighted by Crippen LogP contribution is -2.34. The summed E-state index contributed by atoms with van der Waals surface area (Å²) in [6, 6.07) is 13.6. The molecule has 2 heterocycles. The molecule has 1 unspecified atom stereocenters. The van der Waals surface area contributed by atoms with Crippen LogP contribution in [0.4, 0.5) is 0 Å². The predicted molar refractivity (Wildman–Crippen MR) is 89.9 cm³/mol.